The third-order valence-electron chi connectivity index (χ3n) is 3.77. The highest BCUT2D eigenvalue weighted by Crippen LogP contribution is 2.24. The van der Waals surface area contributed by atoms with Crippen LogP contribution in [0.25, 0.3) is 0 Å². The van der Waals surface area contributed by atoms with Gasteiger partial charge in [-0.3, -0.25) is 0 Å². The first kappa shape index (κ1) is 17.5. The molecule has 1 atom stereocenters. The lowest BCUT2D eigenvalue weighted by atomic mass is 9.92. The van der Waals surface area contributed by atoms with Crippen LogP contribution in [0.2, 0.25) is 5.02 Å². The number of hydrogen-bond acceptors (Lipinski definition) is 1. The van der Waals surface area contributed by atoms with E-state index in [-0.39, 0.29) is 0 Å². The highest BCUT2D eigenvalue weighted by molar-refractivity contribution is 6.30. The number of hydrogen-bond donors (Lipinski definition) is 1. The summed E-state index contributed by atoms with van der Waals surface area (Å²) in [4.78, 5) is 0. The Bertz CT molecular complexity index is 345. The fourth-order valence-electron chi connectivity index (χ4n) is 2.49. The van der Waals surface area contributed by atoms with Crippen molar-refractivity contribution in [1.82, 2.24) is 5.32 Å². The van der Waals surface area contributed by atoms with Crippen molar-refractivity contribution in [2.24, 2.45) is 0 Å². The van der Waals surface area contributed by atoms with Crippen LogP contribution in [0.15, 0.2) is 24.3 Å². The Balaban J connectivity index is 2.49. The highest BCUT2D eigenvalue weighted by atomic mass is 35.5. The van der Waals surface area contributed by atoms with Gasteiger partial charge in [0, 0.05) is 17.6 Å². The molecule has 0 aliphatic rings. The fraction of sp³-hybridized carbons (Fsp3) is 0.667. The molecule has 1 aromatic carbocycles. The molecular weight excluding hydrogens is 266 g/mol. The molecule has 0 amide bonds. The van der Waals surface area contributed by atoms with Gasteiger partial charge in [-0.25, -0.2) is 0 Å². The topological polar surface area (TPSA) is 12.0 Å². The molecule has 0 heterocycles. The van der Waals surface area contributed by atoms with Crippen LogP contribution in [0.1, 0.15) is 70.8 Å². The molecular formula is C18H30ClN. The Morgan fingerprint density at radius 1 is 1.00 bits per heavy atom. The van der Waals surface area contributed by atoms with Crippen molar-refractivity contribution in [2.75, 3.05) is 6.54 Å². The van der Waals surface area contributed by atoms with Crippen molar-refractivity contribution in [1.29, 1.82) is 0 Å². The predicted molar refractivity (Wildman–Crippen MR) is 90.7 cm³/mol. The van der Waals surface area contributed by atoms with Crippen molar-refractivity contribution < 1.29 is 0 Å². The molecule has 0 fully saturated rings. The van der Waals surface area contributed by atoms with Gasteiger partial charge in [0.2, 0.25) is 0 Å². The van der Waals surface area contributed by atoms with Crippen LogP contribution in [0, 0.1) is 0 Å². The molecule has 0 radical (unpaired) electrons. The lowest BCUT2D eigenvalue weighted by molar-refractivity contribution is 0.484. The van der Waals surface area contributed by atoms with Crippen molar-refractivity contribution in [3.8, 4) is 0 Å². The Kier molecular flexibility index (Phi) is 8.97. The minimum atomic E-state index is 0.546. The van der Waals surface area contributed by atoms with E-state index >= 15 is 0 Å². The molecule has 1 aromatic rings. The van der Waals surface area contributed by atoms with Gasteiger partial charge < -0.3 is 5.32 Å². The summed E-state index contributed by atoms with van der Waals surface area (Å²) in [6.07, 6.45) is 8.02. The van der Waals surface area contributed by atoms with E-state index in [1.54, 1.807) is 0 Å². The third-order valence-corrected chi connectivity index (χ3v) is 4.02. The minimum Gasteiger partial charge on any atom is -0.314 e. The van der Waals surface area contributed by atoms with Gasteiger partial charge in [0.1, 0.15) is 0 Å². The summed E-state index contributed by atoms with van der Waals surface area (Å²) >= 11 is 5.99. The Labute approximate surface area is 130 Å². The zero-order valence-electron chi connectivity index (χ0n) is 13.3. The second-order valence-electron chi connectivity index (χ2n) is 6.01. The molecule has 1 N–H and O–H groups in total. The molecule has 1 unspecified atom stereocenters. The van der Waals surface area contributed by atoms with Crippen LogP contribution in [0.5, 0.6) is 0 Å². The average molecular weight is 296 g/mol. The fourth-order valence-corrected chi connectivity index (χ4v) is 2.62. The van der Waals surface area contributed by atoms with Gasteiger partial charge in [-0.05, 0) is 30.0 Å². The van der Waals surface area contributed by atoms with E-state index in [9.17, 15) is 0 Å². The van der Waals surface area contributed by atoms with Crippen molar-refractivity contribution in [3.05, 3.63) is 34.9 Å². The molecule has 0 aliphatic carbocycles. The van der Waals surface area contributed by atoms with Gasteiger partial charge in [-0.2, -0.15) is 0 Å². The first-order chi connectivity index (χ1) is 9.63. The number of unbranched alkanes of at least 4 members (excludes halogenated alkanes) is 4. The molecule has 0 aliphatic heterocycles. The van der Waals surface area contributed by atoms with Gasteiger partial charge in [-0.15, -0.1) is 0 Å². The summed E-state index contributed by atoms with van der Waals surface area (Å²) in [6, 6.07) is 8.93. The first-order valence-electron chi connectivity index (χ1n) is 8.12. The summed E-state index contributed by atoms with van der Waals surface area (Å²) in [6.45, 7) is 7.75. The average Bonchev–Trinajstić information content (AvgIpc) is 2.43. The molecule has 0 bridgehead atoms. The summed E-state index contributed by atoms with van der Waals surface area (Å²) in [5.41, 5.74) is 1.41. The lowest BCUT2D eigenvalue weighted by Gasteiger charge is -2.20. The summed E-state index contributed by atoms with van der Waals surface area (Å²) in [5, 5.41) is 4.40. The standard InChI is InChI=1S/C18H30ClN/c1-4-5-6-7-8-9-17(14-20-15(2)3)16-10-12-18(19)13-11-16/h10-13,15,17,20H,4-9,14H2,1-3H3. The Hall–Kier alpha value is -0.530. The van der Waals surface area contributed by atoms with Gasteiger partial charge >= 0.3 is 0 Å². The third kappa shape index (κ3) is 7.31. The van der Waals surface area contributed by atoms with Gasteiger partial charge in [0.15, 0.2) is 0 Å². The maximum atomic E-state index is 5.99. The van der Waals surface area contributed by atoms with Crippen molar-refractivity contribution in [3.63, 3.8) is 0 Å². The molecule has 0 aromatic heterocycles. The summed E-state index contributed by atoms with van der Waals surface area (Å²) in [5.74, 6) is 0.608. The smallest absolute Gasteiger partial charge is 0.0406 e. The lowest BCUT2D eigenvalue weighted by Crippen LogP contribution is -2.28. The summed E-state index contributed by atoms with van der Waals surface area (Å²) in [7, 11) is 0. The van der Waals surface area contributed by atoms with E-state index in [0.29, 0.717) is 12.0 Å². The molecule has 0 saturated heterocycles. The molecule has 0 saturated carbocycles. The van der Waals surface area contributed by atoms with Crippen LogP contribution in [0.3, 0.4) is 0 Å². The van der Waals surface area contributed by atoms with E-state index in [1.165, 1.54) is 44.1 Å². The quantitative estimate of drug-likeness (QED) is 0.539. The summed E-state index contributed by atoms with van der Waals surface area (Å²) < 4.78 is 0. The number of rotatable bonds is 10. The zero-order valence-corrected chi connectivity index (χ0v) is 14.0. The Morgan fingerprint density at radius 3 is 2.25 bits per heavy atom. The second-order valence-corrected chi connectivity index (χ2v) is 6.45. The van der Waals surface area contributed by atoms with Crippen molar-refractivity contribution >= 4 is 11.6 Å². The van der Waals surface area contributed by atoms with Gasteiger partial charge in [0.05, 0.1) is 0 Å². The largest absolute Gasteiger partial charge is 0.314 e. The van der Waals surface area contributed by atoms with Crippen LogP contribution in [-0.2, 0) is 0 Å². The Morgan fingerprint density at radius 2 is 1.65 bits per heavy atom. The van der Waals surface area contributed by atoms with Crippen LogP contribution in [-0.4, -0.2) is 12.6 Å². The number of benzene rings is 1. The zero-order chi connectivity index (χ0) is 14.8. The van der Waals surface area contributed by atoms with E-state index in [2.05, 4.69) is 38.2 Å². The van der Waals surface area contributed by atoms with Gasteiger partial charge in [-0.1, -0.05) is 76.6 Å². The van der Waals surface area contributed by atoms with E-state index < -0.39 is 0 Å². The molecule has 1 nitrogen and oxygen atoms in total. The molecule has 0 spiro atoms. The molecule has 20 heavy (non-hydrogen) atoms. The maximum Gasteiger partial charge on any atom is 0.0406 e. The normalized spacial score (nSPS) is 12.8. The number of halogens is 1. The van der Waals surface area contributed by atoms with Crippen LogP contribution >= 0.6 is 11.6 Å². The van der Waals surface area contributed by atoms with E-state index in [4.69, 9.17) is 11.6 Å². The van der Waals surface area contributed by atoms with E-state index in [0.717, 1.165) is 11.6 Å². The predicted octanol–water partition coefficient (Wildman–Crippen LogP) is 5.78. The second kappa shape index (κ2) is 10.2. The van der Waals surface area contributed by atoms with Gasteiger partial charge in [0.25, 0.3) is 0 Å². The molecule has 114 valence electrons. The number of nitrogens with one attached hydrogen (secondary N) is 1. The SMILES string of the molecule is CCCCCCCC(CNC(C)C)c1ccc(Cl)cc1. The van der Waals surface area contributed by atoms with Crippen LogP contribution in [0.4, 0.5) is 0 Å². The maximum absolute atomic E-state index is 5.99. The minimum absolute atomic E-state index is 0.546. The van der Waals surface area contributed by atoms with E-state index in [1.807, 2.05) is 12.1 Å². The highest BCUT2D eigenvalue weighted by Gasteiger charge is 2.11. The van der Waals surface area contributed by atoms with Crippen molar-refractivity contribution in [2.45, 2.75) is 71.3 Å². The molecule has 2 heteroatoms. The van der Waals surface area contributed by atoms with Crippen LogP contribution < -0.4 is 5.32 Å². The molecule has 1 rings (SSSR count). The first-order valence-corrected chi connectivity index (χ1v) is 8.50. The monoisotopic (exact) mass is 295 g/mol.